The SMILES string of the molecule is CC1CCCN1C(=O)COC(C)(C)C.COC=N. The van der Waals surface area contributed by atoms with Crippen molar-refractivity contribution < 1.29 is 14.3 Å². The number of carbonyl (C=O) groups excluding carboxylic acids is 1. The first-order valence-corrected chi connectivity index (χ1v) is 6.27. The lowest BCUT2D eigenvalue weighted by Crippen LogP contribution is -2.38. The first kappa shape index (κ1) is 16.9. The van der Waals surface area contributed by atoms with Gasteiger partial charge in [-0.05, 0) is 40.5 Å². The maximum absolute atomic E-state index is 11.7. The minimum atomic E-state index is -0.224. The minimum Gasteiger partial charge on any atom is -0.487 e. The number of amides is 1. The topological polar surface area (TPSA) is 62.6 Å². The summed E-state index contributed by atoms with van der Waals surface area (Å²) in [5.74, 6) is 0.130. The number of nitrogens with one attached hydrogen (secondary N) is 1. The maximum atomic E-state index is 11.7. The molecule has 1 aliphatic rings. The van der Waals surface area contributed by atoms with Gasteiger partial charge in [-0.15, -0.1) is 0 Å². The van der Waals surface area contributed by atoms with Crippen LogP contribution in [0.3, 0.4) is 0 Å². The number of nitrogens with zero attached hydrogens (tertiary/aromatic N) is 1. The Morgan fingerprint density at radius 3 is 2.39 bits per heavy atom. The second-order valence-electron chi connectivity index (χ2n) is 5.33. The highest BCUT2D eigenvalue weighted by Crippen LogP contribution is 2.17. The molecule has 106 valence electrons. The zero-order chi connectivity index (χ0) is 14.2. The summed E-state index contributed by atoms with van der Waals surface area (Å²) in [6, 6.07) is 0.395. The molecule has 1 rings (SSSR count). The van der Waals surface area contributed by atoms with Gasteiger partial charge in [0.2, 0.25) is 5.91 Å². The van der Waals surface area contributed by atoms with Crippen LogP contribution < -0.4 is 0 Å². The fourth-order valence-electron chi connectivity index (χ4n) is 1.66. The summed E-state index contributed by atoms with van der Waals surface area (Å²) in [5.41, 5.74) is -0.224. The van der Waals surface area contributed by atoms with E-state index in [-0.39, 0.29) is 18.1 Å². The number of carbonyl (C=O) groups is 1. The molecule has 1 heterocycles. The van der Waals surface area contributed by atoms with Gasteiger partial charge in [0.05, 0.1) is 12.7 Å². The first-order chi connectivity index (χ1) is 8.31. The molecule has 0 aliphatic carbocycles. The van der Waals surface area contributed by atoms with E-state index in [0.717, 1.165) is 25.8 Å². The third kappa shape index (κ3) is 7.27. The zero-order valence-electron chi connectivity index (χ0n) is 12.2. The summed E-state index contributed by atoms with van der Waals surface area (Å²) < 4.78 is 9.54. The number of methoxy groups -OCH3 is 1. The lowest BCUT2D eigenvalue weighted by Gasteiger charge is -2.24. The molecule has 1 unspecified atom stereocenters. The van der Waals surface area contributed by atoms with E-state index in [2.05, 4.69) is 11.7 Å². The Bertz CT molecular complexity index is 261. The van der Waals surface area contributed by atoms with E-state index in [1.54, 1.807) is 0 Å². The molecule has 5 heteroatoms. The van der Waals surface area contributed by atoms with Crippen molar-refractivity contribution in [1.29, 1.82) is 5.41 Å². The van der Waals surface area contributed by atoms with Crippen LogP contribution in [0.5, 0.6) is 0 Å². The average molecular weight is 258 g/mol. The van der Waals surface area contributed by atoms with Gasteiger partial charge in [-0.2, -0.15) is 0 Å². The lowest BCUT2D eigenvalue weighted by molar-refractivity contribution is -0.141. The van der Waals surface area contributed by atoms with E-state index in [4.69, 9.17) is 10.1 Å². The monoisotopic (exact) mass is 258 g/mol. The molecule has 1 saturated heterocycles. The highest BCUT2D eigenvalue weighted by atomic mass is 16.5. The molecule has 1 amide bonds. The summed E-state index contributed by atoms with van der Waals surface area (Å²) in [4.78, 5) is 13.6. The molecule has 1 atom stereocenters. The maximum Gasteiger partial charge on any atom is 0.248 e. The van der Waals surface area contributed by atoms with Crippen molar-refractivity contribution in [2.24, 2.45) is 0 Å². The molecule has 0 aromatic carbocycles. The van der Waals surface area contributed by atoms with Gasteiger partial charge in [0.1, 0.15) is 6.61 Å². The second-order valence-corrected chi connectivity index (χ2v) is 5.33. The molecular formula is C13H26N2O3. The Kier molecular flexibility index (Phi) is 7.59. The summed E-state index contributed by atoms with van der Waals surface area (Å²) >= 11 is 0. The lowest BCUT2D eigenvalue weighted by atomic mass is 10.2. The quantitative estimate of drug-likeness (QED) is 0.622. The molecular weight excluding hydrogens is 232 g/mol. The molecule has 1 fully saturated rings. The molecule has 0 saturated carbocycles. The van der Waals surface area contributed by atoms with Gasteiger partial charge in [0.15, 0.2) is 6.40 Å². The Labute approximate surface area is 110 Å². The number of hydrogen-bond donors (Lipinski definition) is 1. The van der Waals surface area contributed by atoms with Crippen molar-refractivity contribution in [3.8, 4) is 0 Å². The van der Waals surface area contributed by atoms with Crippen LogP contribution in [0, 0.1) is 5.41 Å². The molecule has 0 spiro atoms. The van der Waals surface area contributed by atoms with Gasteiger partial charge in [-0.1, -0.05) is 0 Å². The van der Waals surface area contributed by atoms with Crippen LogP contribution in [0.25, 0.3) is 0 Å². The van der Waals surface area contributed by atoms with E-state index in [1.165, 1.54) is 7.11 Å². The molecule has 18 heavy (non-hydrogen) atoms. The average Bonchev–Trinajstić information content (AvgIpc) is 2.72. The summed E-state index contributed by atoms with van der Waals surface area (Å²) in [7, 11) is 1.44. The normalized spacial score (nSPS) is 18.9. The van der Waals surface area contributed by atoms with Crippen molar-refractivity contribution in [2.75, 3.05) is 20.3 Å². The fourth-order valence-corrected chi connectivity index (χ4v) is 1.66. The van der Waals surface area contributed by atoms with Crippen molar-refractivity contribution in [3.63, 3.8) is 0 Å². The van der Waals surface area contributed by atoms with E-state index in [9.17, 15) is 4.79 Å². The Morgan fingerprint density at radius 2 is 2.06 bits per heavy atom. The largest absolute Gasteiger partial charge is 0.487 e. The highest BCUT2D eigenvalue weighted by molar-refractivity contribution is 5.78. The molecule has 1 aliphatic heterocycles. The highest BCUT2D eigenvalue weighted by Gasteiger charge is 2.25. The number of hydrogen-bond acceptors (Lipinski definition) is 4. The molecule has 0 radical (unpaired) electrons. The van der Waals surface area contributed by atoms with Crippen molar-refractivity contribution in [3.05, 3.63) is 0 Å². The van der Waals surface area contributed by atoms with Gasteiger partial charge in [0, 0.05) is 12.6 Å². The van der Waals surface area contributed by atoms with Gasteiger partial charge in [0.25, 0.3) is 0 Å². The second kappa shape index (κ2) is 8.08. The Morgan fingerprint density at radius 1 is 1.50 bits per heavy atom. The molecule has 1 N–H and O–H groups in total. The Balaban J connectivity index is 0.000000631. The third-order valence-corrected chi connectivity index (χ3v) is 2.62. The molecule has 5 nitrogen and oxygen atoms in total. The van der Waals surface area contributed by atoms with Gasteiger partial charge >= 0.3 is 0 Å². The predicted molar refractivity (Wildman–Crippen MR) is 71.9 cm³/mol. The van der Waals surface area contributed by atoms with Crippen molar-refractivity contribution in [2.45, 2.75) is 52.2 Å². The van der Waals surface area contributed by atoms with Crippen molar-refractivity contribution >= 4 is 12.3 Å². The third-order valence-electron chi connectivity index (χ3n) is 2.62. The predicted octanol–water partition coefficient (Wildman–Crippen LogP) is 2.05. The minimum absolute atomic E-state index is 0.130. The van der Waals surface area contributed by atoms with Crippen molar-refractivity contribution in [1.82, 2.24) is 4.90 Å². The number of likely N-dealkylation sites (tertiary alicyclic amines) is 1. The van der Waals surface area contributed by atoms with Crippen LogP contribution in [0.1, 0.15) is 40.5 Å². The number of ether oxygens (including phenoxy) is 2. The van der Waals surface area contributed by atoms with Crippen LogP contribution in [-0.4, -0.2) is 49.1 Å². The summed E-state index contributed by atoms with van der Waals surface area (Å²) in [6.45, 7) is 9.11. The first-order valence-electron chi connectivity index (χ1n) is 6.27. The van der Waals surface area contributed by atoms with Crippen LogP contribution >= 0.6 is 0 Å². The summed E-state index contributed by atoms with van der Waals surface area (Å²) in [5, 5.41) is 6.10. The van der Waals surface area contributed by atoms with Crippen LogP contribution in [0.15, 0.2) is 0 Å². The zero-order valence-corrected chi connectivity index (χ0v) is 12.2. The van der Waals surface area contributed by atoms with Gasteiger partial charge in [-0.3, -0.25) is 10.2 Å². The van der Waals surface area contributed by atoms with Gasteiger partial charge in [-0.25, -0.2) is 0 Å². The molecule has 0 bridgehead atoms. The van der Waals surface area contributed by atoms with Crippen LogP contribution in [0.4, 0.5) is 0 Å². The van der Waals surface area contributed by atoms with Gasteiger partial charge < -0.3 is 14.4 Å². The molecule has 0 aromatic heterocycles. The van der Waals surface area contributed by atoms with Crippen LogP contribution in [0.2, 0.25) is 0 Å². The van der Waals surface area contributed by atoms with Crippen LogP contribution in [-0.2, 0) is 14.3 Å². The fraction of sp³-hybridized carbons (Fsp3) is 0.846. The standard InChI is InChI=1S/C11H21NO2.C2H5NO/c1-9-6-5-7-12(9)10(13)8-14-11(2,3)4;1-4-2-3/h9H,5-8H2,1-4H3;2-3H,1H3. The summed E-state index contributed by atoms with van der Waals surface area (Å²) in [6.07, 6.45) is 3.13. The number of rotatable bonds is 3. The van der Waals surface area contributed by atoms with E-state index < -0.39 is 0 Å². The Hall–Kier alpha value is -1.10. The van der Waals surface area contributed by atoms with E-state index in [0.29, 0.717) is 6.04 Å². The van der Waals surface area contributed by atoms with E-state index >= 15 is 0 Å². The molecule has 0 aromatic rings. The van der Waals surface area contributed by atoms with E-state index in [1.807, 2.05) is 25.7 Å². The smallest absolute Gasteiger partial charge is 0.248 e.